The number of fused-ring (bicyclic) bond motifs is 1. The van der Waals surface area contributed by atoms with Crippen LogP contribution in [0.2, 0.25) is 0 Å². The van der Waals surface area contributed by atoms with E-state index in [0.29, 0.717) is 11.4 Å². The lowest BCUT2D eigenvalue weighted by molar-refractivity contribution is -0.384. The lowest BCUT2D eigenvalue weighted by Crippen LogP contribution is -2.29. The second kappa shape index (κ2) is 6.34. The number of imide groups is 1. The van der Waals surface area contributed by atoms with Crippen LogP contribution in [0.5, 0.6) is 11.5 Å². The number of ether oxygens (including phenoxy) is 1. The Morgan fingerprint density at radius 1 is 0.926 bits per heavy atom. The van der Waals surface area contributed by atoms with Crippen molar-refractivity contribution in [1.29, 1.82) is 0 Å². The molecule has 1 aliphatic rings. The number of hydrogen-bond acceptors (Lipinski definition) is 6. The number of non-ortho nitro benzene ring substituents is 1. The van der Waals surface area contributed by atoms with Crippen LogP contribution in [0.4, 0.5) is 11.4 Å². The zero-order valence-electron chi connectivity index (χ0n) is 13.7. The number of nitro groups is 1. The van der Waals surface area contributed by atoms with Crippen LogP contribution in [0.25, 0.3) is 0 Å². The third-order valence-electron chi connectivity index (χ3n) is 4.03. The molecule has 4 rings (SSSR count). The Balaban J connectivity index is 1.65. The molecular formula is C19H11N3O5. The van der Waals surface area contributed by atoms with Crippen LogP contribution in [0, 0.1) is 10.1 Å². The summed E-state index contributed by atoms with van der Waals surface area (Å²) in [6, 6.07) is 13.4. The van der Waals surface area contributed by atoms with Crippen LogP contribution >= 0.6 is 0 Å². The molecule has 8 nitrogen and oxygen atoms in total. The van der Waals surface area contributed by atoms with E-state index in [-0.39, 0.29) is 22.6 Å². The van der Waals surface area contributed by atoms with Crippen molar-refractivity contribution in [2.75, 3.05) is 4.90 Å². The van der Waals surface area contributed by atoms with Gasteiger partial charge in [0.1, 0.15) is 11.5 Å². The number of anilines is 1. The quantitative estimate of drug-likeness (QED) is 0.400. The number of benzene rings is 2. The van der Waals surface area contributed by atoms with Crippen molar-refractivity contribution in [3.05, 3.63) is 88.2 Å². The number of amides is 2. The van der Waals surface area contributed by atoms with E-state index in [1.807, 2.05) is 0 Å². The molecule has 0 aliphatic carbocycles. The van der Waals surface area contributed by atoms with Gasteiger partial charge < -0.3 is 4.74 Å². The van der Waals surface area contributed by atoms with Crippen LogP contribution in [0.15, 0.2) is 67.0 Å². The first-order chi connectivity index (χ1) is 13.0. The molecule has 0 N–H and O–H groups in total. The number of nitrogens with zero attached hydrogens (tertiary/aromatic N) is 3. The van der Waals surface area contributed by atoms with Crippen LogP contribution in [0.3, 0.4) is 0 Å². The number of rotatable bonds is 4. The van der Waals surface area contributed by atoms with E-state index in [1.54, 1.807) is 24.4 Å². The Labute approximate surface area is 152 Å². The van der Waals surface area contributed by atoms with E-state index in [9.17, 15) is 19.7 Å². The SMILES string of the molecule is O=C1c2ccc(Oc3cccc([N+](=O)[O-])c3)cc2C(=O)N1c1cccnc1. The van der Waals surface area contributed by atoms with Gasteiger partial charge in [0, 0.05) is 12.3 Å². The fraction of sp³-hybridized carbons (Fsp3) is 0. The summed E-state index contributed by atoms with van der Waals surface area (Å²) in [7, 11) is 0. The normalized spacial score (nSPS) is 12.8. The Morgan fingerprint density at radius 3 is 2.44 bits per heavy atom. The third kappa shape index (κ3) is 2.89. The van der Waals surface area contributed by atoms with Gasteiger partial charge >= 0.3 is 0 Å². The van der Waals surface area contributed by atoms with Crippen molar-refractivity contribution in [1.82, 2.24) is 4.98 Å². The predicted octanol–water partition coefficient (Wildman–Crippen LogP) is 3.58. The second-order valence-electron chi connectivity index (χ2n) is 5.72. The van der Waals surface area contributed by atoms with Crippen LogP contribution in [-0.4, -0.2) is 21.7 Å². The van der Waals surface area contributed by atoms with E-state index in [2.05, 4.69) is 4.98 Å². The molecule has 0 atom stereocenters. The summed E-state index contributed by atoms with van der Waals surface area (Å²) in [6.07, 6.45) is 2.98. The molecule has 0 spiro atoms. The molecule has 0 saturated heterocycles. The Kier molecular flexibility index (Phi) is 3.85. The average Bonchev–Trinajstić information content (AvgIpc) is 2.93. The smallest absolute Gasteiger partial charge is 0.273 e. The minimum Gasteiger partial charge on any atom is -0.457 e. The summed E-state index contributed by atoms with van der Waals surface area (Å²) in [4.78, 5) is 40.6. The zero-order valence-corrected chi connectivity index (χ0v) is 13.7. The van der Waals surface area contributed by atoms with E-state index in [4.69, 9.17) is 4.74 Å². The first-order valence-corrected chi connectivity index (χ1v) is 7.90. The molecule has 0 fully saturated rings. The molecule has 1 aliphatic heterocycles. The number of hydrogen-bond donors (Lipinski definition) is 0. The van der Waals surface area contributed by atoms with Crippen LogP contribution in [0.1, 0.15) is 20.7 Å². The standard InChI is InChI=1S/C19H11N3O5/c23-18-16-7-6-15(27-14-5-1-3-12(9-14)22(25)26)10-17(16)19(24)21(18)13-4-2-8-20-11-13/h1-11H. The van der Waals surface area contributed by atoms with Gasteiger partial charge in [-0.25, -0.2) is 4.90 Å². The lowest BCUT2D eigenvalue weighted by atomic mass is 10.1. The summed E-state index contributed by atoms with van der Waals surface area (Å²) in [5.41, 5.74) is 0.731. The monoisotopic (exact) mass is 361 g/mol. The minimum absolute atomic E-state index is 0.109. The van der Waals surface area contributed by atoms with Gasteiger partial charge in [-0.15, -0.1) is 0 Å². The molecule has 2 heterocycles. The molecule has 2 amide bonds. The van der Waals surface area contributed by atoms with Crippen molar-refractivity contribution >= 4 is 23.2 Å². The van der Waals surface area contributed by atoms with E-state index >= 15 is 0 Å². The molecule has 2 aromatic carbocycles. The summed E-state index contributed by atoms with van der Waals surface area (Å²) in [5, 5.41) is 10.9. The van der Waals surface area contributed by atoms with Crippen molar-refractivity contribution in [2.45, 2.75) is 0 Å². The van der Waals surface area contributed by atoms with Gasteiger partial charge in [-0.2, -0.15) is 0 Å². The first kappa shape index (κ1) is 16.4. The fourth-order valence-electron chi connectivity index (χ4n) is 2.80. The molecule has 0 unspecified atom stereocenters. The number of nitro benzene ring substituents is 1. The summed E-state index contributed by atoms with van der Waals surface area (Å²) in [5.74, 6) is -0.370. The number of carbonyl (C=O) groups excluding carboxylic acids is 2. The largest absolute Gasteiger partial charge is 0.457 e. The Morgan fingerprint density at radius 2 is 1.70 bits per heavy atom. The molecule has 27 heavy (non-hydrogen) atoms. The molecule has 0 bridgehead atoms. The van der Waals surface area contributed by atoms with Crippen molar-refractivity contribution in [3.63, 3.8) is 0 Å². The fourth-order valence-corrected chi connectivity index (χ4v) is 2.80. The van der Waals surface area contributed by atoms with Crippen molar-refractivity contribution < 1.29 is 19.2 Å². The molecule has 3 aromatic rings. The minimum atomic E-state index is -0.524. The molecule has 0 saturated carbocycles. The third-order valence-corrected chi connectivity index (χ3v) is 4.03. The maximum absolute atomic E-state index is 12.7. The van der Waals surface area contributed by atoms with Gasteiger partial charge in [0.2, 0.25) is 0 Å². The molecule has 0 radical (unpaired) electrons. The number of carbonyl (C=O) groups is 2. The maximum atomic E-state index is 12.7. The number of aromatic nitrogens is 1. The highest BCUT2D eigenvalue weighted by molar-refractivity contribution is 6.34. The highest BCUT2D eigenvalue weighted by atomic mass is 16.6. The number of pyridine rings is 1. The van der Waals surface area contributed by atoms with E-state index in [1.165, 1.54) is 42.6 Å². The van der Waals surface area contributed by atoms with Crippen LogP contribution < -0.4 is 9.64 Å². The molecular weight excluding hydrogens is 350 g/mol. The highest BCUT2D eigenvalue weighted by Crippen LogP contribution is 2.32. The summed E-state index contributed by atoms with van der Waals surface area (Å²) >= 11 is 0. The average molecular weight is 361 g/mol. The Hall–Kier alpha value is -4.07. The van der Waals surface area contributed by atoms with Crippen LogP contribution in [-0.2, 0) is 0 Å². The molecule has 1 aromatic heterocycles. The lowest BCUT2D eigenvalue weighted by Gasteiger charge is -2.12. The summed E-state index contributed by atoms with van der Waals surface area (Å²) < 4.78 is 5.62. The van der Waals surface area contributed by atoms with Gasteiger partial charge in [0.15, 0.2) is 0 Å². The van der Waals surface area contributed by atoms with Gasteiger partial charge in [-0.1, -0.05) is 6.07 Å². The van der Waals surface area contributed by atoms with Gasteiger partial charge in [0.05, 0.1) is 34.0 Å². The van der Waals surface area contributed by atoms with E-state index < -0.39 is 16.7 Å². The molecule has 132 valence electrons. The zero-order chi connectivity index (χ0) is 19.0. The van der Waals surface area contributed by atoms with E-state index in [0.717, 1.165) is 4.90 Å². The topological polar surface area (TPSA) is 103 Å². The highest BCUT2D eigenvalue weighted by Gasteiger charge is 2.37. The van der Waals surface area contributed by atoms with Gasteiger partial charge in [0.25, 0.3) is 17.5 Å². The summed E-state index contributed by atoms with van der Waals surface area (Å²) in [6.45, 7) is 0. The van der Waals surface area contributed by atoms with Crippen molar-refractivity contribution in [3.8, 4) is 11.5 Å². The van der Waals surface area contributed by atoms with Gasteiger partial charge in [-0.3, -0.25) is 24.7 Å². The predicted molar refractivity (Wildman–Crippen MR) is 95.0 cm³/mol. The maximum Gasteiger partial charge on any atom is 0.273 e. The Bertz CT molecular complexity index is 1080. The second-order valence-corrected chi connectivity index (χ2v) is 5.72. The van der Waals surface area contributed by atoms with Crippen molar-refractivity contribution in [2.24, 2.45) is 0 Å². The molecule has 8 heteroatoms. The van der Waals surface area contributed by atoms with Gasteiger partial charge in [-0.05, 0) is 36.4 Å². The first-order valence-electron chi connectivity index (χ1n) is 7.90.